The first-order valence-corrected chi connectivity index (χ1v) is 15.3. The van der Waals surface area contributed by atoms with Crippen LogP contribution in [0.5, 0.6) is 0 Å². The van der Waals surface area contributed by atoms with E-state index in [1.54, 1.807) is 12.1 Å². The fourth-order valence-electron chi connectivity index (χ4n) is 8.57. The number of para-hydroxylation sites is 2. The number of aromatic nitrogens is 2. The number of rotatable bonds is 3. The molecule has 8 rings (SSSR count). The van der Waals surface area contributed by atoms with Crippen LogP contribution in [0.25, 0.3) is 11.0 Å². The largest absolute Gasteiger partial charge is 0.335 e. The van der Waals surface area contributed by atoms with E-state index >= 15 is 0 Å². The van der Waals surface area contributed by atoms with Crippen LogP contribution < -0.4 is 5.32 Å². The number of carbonyl (C=O) groups is 2. The normalized spacial score (nSPS) is 30.4. The first-order chi connectivity index (χ1) is 19.9. The molecule has 2 N–H and O–H groups in total. The molecule has 3 fully saturated rings. The van der Waals surface area contributed by atoms with Crippen molar-refractivity contribution in [3.8, 4) is 0 Å². The van der Waals surface area contributed by atoms with Gasteiger partial charge >= 0.3 is 0 Å². The Morgan fingerprint density at radius 3 is 2.56 bits per heavy atom. The summed E-state index contributed by atoms with van der Waals surface area (Å²) in [6.07, 6.45) is 5.29. The lowest BCUT2D eigenvalue weighted by atomic mass is 9.68. The number of hydrogen-bond acceptors (Lipinski definition) is 4. The minimum absolute atomic E-state index is 0.0625. The number of carbonyl (C=O) groups excluding carboxylic acids is 2. The molecule has 1 amide bonds. The average molecular weight is 606 g/mol. The first-order valence-electron chi connectivity index (χ1n) is 14.2. The van der Waals surface area contributed by atoms with E-state index in [2.05, 4.69) is 15.2 Å². The van der Waals surface area contributed by atoms with Gasteiger partial charge in [0.15, 0.2) is 5.82 Å². The van der Waals surface area contributed by atoms with Crippen LogP contribution in [0, 0.1) is 11.8 Å². The zero-order valence-corrected chi connectivity index (χ0v) is 24.3. The number of H-pyrrole nitrogens is 1. The van der Waals surface area contributed by atoms with Gasteiger partial charge in [-0.15, -0.1) is 0 Å². The van der Waals surface area contributed by atoms with Gasteiger partial charge in [-0.25, -0.2) is 4.98 Å². The number of hydrogen-bond donors (Lipinski definition) is 2. The average Bonchev–Trinajstić information content (AvgIpc) is 3.69. The van der Waals surface area contributed by atoms with Crippen LogP contribution in [0.2, 0.25) is 15.1 Å². The molecule has 3 aromatic carbocycles. The van der Waals surface area contributed by atoms with Crippen molar-refractivity contribution in [3.63, 3.8) is 0 Å². The van der Waals surface area contributed by atoms with Crippen molar-refractivity contribution in [2.75, 3.05) is 5.32 Å². The molecule has 6 nitrogen and oxygen atoms in total. The third-order valence-electron chi connectivity index (χ3n) is 9.97. The summed E-state index contributed by atoms with van der Waals surface area (Å²) < 4.78 is 0. The number of amides is 1. The fourth-order valence-corrected chi connectivity index (χ4v) is 9.28. The molecule has 41 heavy (non-hydrogen) atoms. The van der Waals surface area contributed by atoms with Crippen LogP contribution in [0.15, 0.2) is 60.7 Å². The molecule has 6 atom stereocenters. The van der Waals surface area contributed by atoms with Gasteiger partial charge in [0.05, 0.1) is 17.0 Å². The summed E-state index contributed by atoms with van der Waals surface area (Å²) in [5, 5.41) is 4.70. The Morgan fingerprint density at radius 2 is 1.73 bits per heavy atom. The number of ketones is 1. The Balaban J connectivity index is 1.41. The summed E-state index contributed by atoms with van der Waals surface area (Å²) in [5.74, 6) is -0.812. The van der Waals surface area contributed by atoms with Gasteiger partial charge in [-0.05, 0) is 67.1 Å². The Hall–Kier alpha value is -2.90. The molecule has 2 saturated heterocycles. The molecule has 4 heterocycles. The molecule has 0 bridgehead atoms. The summed E-state index contributed by atoms with van der Waals surface area (Å²) in [6.45, 7) is 0. The predicted octanol–water partition coefficient (Wildman–Crippen LogP) is 7.60. The SMILES string of the molecule is O=C(c1nc2ccccc2[nH]1)C1[C@@H](c2ccc(Cl)cc2Cl)C2CC3CCCCC3N2[C@@]12C(=O)Nc1cc(Cl)ccc12. The number of Topliss-reactive ketones (excluding diaryl/α,β-unsaturated/α-hetero) is 1. The summed E-state index contributed by atoms with van der Waals surface area (Å²) in [4.78, 5) is 39.9. The van der Waals surface area contributed by atoms with E-state index in [0.717, 1.165) is 42.3 Å². The second-order valence-corrected chi connectivity index (χ2v) is 13.1. The minimum Gasteiger partial charge on any atom is -0.335 e. The van der Waals surface area contributed by atoms with Gasteiger partial charge in [0, 0.05) is 44.3 Å². The molecular weight excluding hydrogens is 579 g/mol. The molecule has 0 radical (unpaired) electrons. The summed E-state index contributed by atoms with van der Waals surface area (Å²) in [7, 11) is 0. The number of nitrogens with zero attached hydrogens (tertiary/aromatic N) is 2. The van der Waals surface area contributed by atoms with Crippen molar-refractivity contribution >= 4 is 63.2 Å². The molecule has 208 valence electrons. The quantitative estimate of drug-likeness (QED) is 0.236. The molecule has 4 aliphatic rings. The highest BCUT2D eigenvalue weighted by molar-refractivity contribution is 6.35. The van der Waals surface area contributed by atoms with Gasteiger partial charge in [0.25, 0.3) is 0 Å². The van der Waals surface area contributed by atoms with Gasteiger partial charge in [-0.1, -0.05) is 71.9 Å². The minimum atomic E-state index is -1.23. The van der Waals surface area contributed by atoms with Crippen molar-refractivity contribution in [2.24, 2.45) is 11.8 Å². The molecule has 1 saturated carbocycles. The Morgan fingerprint density at radius 1 is 0.951 bits per heavy atom. The lowest BCUT2D eigenvalue weighted by Crippen LogP contribution is -2.56. The second-order valence-electron chi connectivity index (χ2n) is 11.9. The Labute approximate surface area is 252 Å². The highest BCUT2D eigenvalue weighted by Gasteiger charge is 2.72. The highest BCUT2D eigenvalue weighted by Crippen LogP contribution is 2.65. The number of benzene rings is 3. The van der Waals surface area contributed by atoms with E-state index in [9.17, 15) is 9.59 Å². The Bertz CT molecular complexity index is 1720. The molecule has 3 aliphatic heterocycles. The highest BCUT2D eigenvalue weighted by atomic mass is 35.5. The molecule has 1 aromatic heterocycles. The predicted molar refractivity (Wildman–Crippen MR) is 161 cm³/mol. The van der Waals surface area contributed by atoms with Gasteiger partial charge in [0.2, 0.25) is 11.7 Å². The molecule has 1 spiro atoms. The number of fused-ring (bicyclic) bond motifs is 7. The number of anilines is 1. The standard InChI is InChI=1S/C32H27Cl3N4O2/c33-17-9-11-19(21(35)14-17)27-26-13-16-5-1-4-8-25(16)39(26)32(20-12-10-18(34)15-24(20)38-31(32)41)28(27)29(40)30-36-22-6-2-3-7-23(22)37-30/h2-3,6-7,9-12,14-16,25-28H,1,4-5,8,13H2,(H,36,37)(H,38,41)/t16?,25?,26?,27-,28?,32+/m0/s1. The first kappa shape index (κ1) is 25.8. The maximum absolute atomic E-state index is 15.0. The number of aromatic amines is 1. The fraction of sp³-hybridized carbons (Fsp3) is 0.344. The maximum Gasteiger partial charge on any atom is 0.250 e. The molecule has 4 aromatic rings. The maximum atomic E-state index is 15.0. The van der Waals surface area contributed by atoms with Crippen LogP contribution in [-0.2, 0) is 10.3 Å². The van der Waals surface area contributed by atoms with Crippen molar-refractivity contribution in [1.82, 2.24) is 14.9 Å². The zero-order valence-electron chi connectivity index (χ0n) is 22.0. The number of nitrogens with one attached hydrogen (secondary N) is 2. The van der Waals surface area contributed by atoms with Gasteiger partial charge in [-0.2, -0.15) is 0 Å². The Kier molecular flexibility index (Phi) is 5.85. The van der Waals surface area contributed by atoms with Crippen LogP contribution in [-0.4, -0.2) is 38.6 Å². The molecule has 9 heteroatoms. The monoisotopic (exact) mass is 604 g/mol. The van der Waals surface area contributed by atoms with Crippen LogP contribution >= 0.6 is 34.8 Å². The third-order valence-corrected chi connectivity index (χ3v) is 10.8. The summed E-state index contributed by atoms with van der Waals surface area (Å²) >= 11 is 19.7. The van der Waals surface area contributed by atoms with E-state index in [4.69, 9.17) is 39.8 Å². The lowest BCUT2D eigenvalue weighted by Gasteiger charge is -2.42. The van der Waals surface area contributed by atoms with E-state index in [0.29, 0.717) is 32.2 Å². The molecular formula is C32H27Cl3N4O2. The van der Waals surface area contributed by atoms with E-state index in [1.165, 1.54) is 6.42 Å². The summed E-state index contributed by atoms with van der Waals surface area (Å²) in [5.41, 5.74) is 2.55. The number of imidazole rings is 1. The number of halogens is 3. The lowest BCUT2D eigenvalue weighted by molar-refractivity contribution is -0.129. The molecule has 4 unspecified atom stereocenters. The van der Waals surface area contributed by atoms with E-state index < -0.39 is 11.5 Å². The van der Waals surface area contributed by atoms with Crippen LogP contribution in [0.1, 0.15) is 59.8 Å². The van der Waals surface area contributed by atoms with Crippen LogP contribution in [0.3, 0.4) is 0 Å². The zero-order chi connectivity index (χ0) is 28.0. The topological polar surface area (TPSA) is 78.1 Å². The van der Waals surface area contributed by atoms with Gasteiger partial charge in [-0.3, -0.25) is 14.5 Å². The van der Waals surface area contributed by atoms with E-state index in [-0.39, 0.29) is 35.5 Å². The van der Waals surface area contributed by atoms with Crippen molar-refractivity contribution < 1.29 is 9.59 Å². The van der Waals surface area contributed by atoms with Crippen LogP contribution in [0.4, 0.5) is 5.69 Å². The van der Waals surface area contributed by atoms with Crippen molar-refractivity contribution in [3.05, 3.63) is 92.7 Å². The van der Waals surface area contributed by atoms with Crippen molar-refractivity contribution in [2.45, 2.75) is 55.6 Å². The van der Waals surface area contributed by atoms with E-state index in [1.807, 2.05) is 48.5 Å². The van der Waals surface area contributed by atoms with Gasteiger partial charge < -0.3 is 10.3 Å². The molecule has 1 aliphatic carbocycles. The third kappa shape index (κ3) is 3.57. The van der Waals surface area contributed by atoms with Crippen molar-refractivity contribution in [1.29, 1.82) is 0 Å². The van der Waals surface area contributed by atoms with Gasteiger partial charge in [0.1, 0.15) is 5.54 Å². The summed E-state index contributed by atoms with van der Waals surface area (Å²) in [6, 6.07) is 18.7. The second kappa shape index (κ2) is 9.30. The smallest absolute Gasteiger partial charge is 0.250 e.